The highest BCUT2D eigenvalue weighted by molar-refractivity contribution is 5.84. The average Bonchev–Trinajstić information content (AvgIpc) is 2.81. The van der Waals surface area contributed by atoms with Gasteiger partial charge in [-0.05, 0) is 37.7 Å². The summed E-state index contributed by atoms with van der Waals surface area (Å²) in [6.45, 7) is 6.55. The van der Waals surface area contributed by atoms with Gasteiger partial charge in [0.15, 0.2) is 0 Å². The predicted octanol–water partition coefficient (Wildman–Crippen LogP) is 1.99. The molecule has 0 radical (unpaired) electrons. The van der Waals surface area contributed by atoms with E-state index in [2.05, 4.69) is 17.1 Å². The van der Waals surface area contributed by atoms with Crippen molar-refractivity contribution in [3.05, 3.63) is 35.6 Å². The second-order valence-electron chi connectivity index (χ2n) is 5.51. The van der Waals surface area contributed by atoms with Gasteiger partial charge in [-0.3, -0.25) is 10.1 Å². The fourth-order valence-electron chi connectivity index (χ4n) is 2.57. The summed E-state index contributed by atoms with van der Waals surface area (Å²) in [5.74, 6) is -0.122. The van der Waals surface area contributed by atoms with Crippen molar-refractivity contribution in [2.45, 2.75) is 32.5 Å². The Bertz CT molecular complexity index is 477. The summed E-state index contributed by atoms with van der Waals surface area (Å²) < 4.78 is 13.1. The maximum atomic E-state index is 13.1. The van der Waals surface area contributed by atoms with Gasteiger partial charge in [0.25, 0.3) is 0 Å². The van der Waals surface area contributed by atoms with Crippen LogP contribution in [0.15, 0.2) is 24.3 Å². The van der Waals surface area contributed by atoms with Crippen LogP contribution in [0.5, 0.6) is 0 Å². The lowest BCUT2D eigenvalue weighted by molar-refractivity contribution is -0.130. The van der Waals surface area contributed by atoms with Crippen molar-refractivity contribution in [2.24, 2.45) is 0 Å². The van der Waals surface area contributed by atoms with Crippen LogP contribution in [-0.2, 0) is 4.79 Å². The van der Waals surface area contributed by atoms with Gasteiger partial charge in [-0.1, -0.05) is 26.0 Å². The van der Waals surface area contributed by atoms with Crippen molar-refractivity contribution in [3.63, 3.8) is 0 Å². The number of amides is 1. The van der Waals surface area contributed by atoms with Crippen LogP contribution >= 0.6 is 0 Å². The van der Waals surface area contributed by atoms with Gasteiger partial charge in [-0.2, -0.15) is 0 Å². The van der Waals surface area contributed by atoms with Crippen LogP contribution in [0.3, 0.4) is 0 Å². The second kappa shape index (κ2) is 7.00. The third-order valence-electron chi connectivity index (χ3n) is 4.11. The summed E-state index contributed by atoms with van der Waals surface area (Å²) in [5.41, 5.74) is 0.930. The molecule has 1 aliphatic heterocycles. The van der Waals surface area contributed by atoms with E-state index in [-0.39, 0.29) is 23.9 Å². The van der Waals surface area contributed by atoms with E-state index < -0.39 is 0 Å². The van der Waals surface area contributed by atoms with Crippen molar-refractivity contribution in [1.29, 1.82) is 0 Å². The van der Waals surface area contributed by atoms with Crippen LogP contribution in [0, 0.1) is 5.82 Å². The van der Waals surface area contributed by atoms with E-state index in [4.69, 9.17) is 0 Å². The zero-order chi connectivity index (χ0) is 15.4. The van der Waals surface area contributed by atoms with Crippen LogP contribution in [-0.4, -0.2) is 48.4 Å². The fraction of sp³-hybridized carbons (Fsp3) is 0.562. The van der Waals surface area contributed by atoms with Crippen molar-refractivity contribution >= 4 is 5.91 Å². The van der Waals surface area contributed by atoms with Crippen molar-refractivity contribution in [1.82, 2.24) is 15.1 Å². The monoisotopic (exact) mass is 293 g/mol. The van der Waals surface area contributed by atoms with Crippen LogP contribution < -0.4 is 5.32 Å². The number of benzene rings is 1. The molecule has 1 heterocycles. The average molecular weight is 293 g/mol. The smallest absolute Gasteiger partial charge is 0.241 e. The van der Waals surface area contributed by atoms with Crippen molar-refractivity contribution in [2.75, 3.05) is 26.7 Å². The fourth-order valence-corrected chi connectivity index (χ4v) is 2.57. The number of likely N-dealkylation sites (N-methyl/N-ethyl adjacent to an activating group) is 1. The molecular formula is C16H24FN3O. The Morgan fingerprint density at radius 3 is 2.52 bits per heavy atom. The third-order valence-corrected chi connectivity index (χ3v) is 4.11. The summed E-state index contributed by atoms with van der Waals surface area (Å²) in [7, 11) is 2.04. The van der Waals surface area contributed by atoms with Crippen molar-refractivity contribution in [3.8, 4) is 0 Å². The second-order valence-corrected chi connectivity index (χ2v) is 5.51. The van der Waals surface area contributed by atoms with Gasteiger partial charge in [0.2, 0.25) is 5.91 Å². The quantitative estimate of drug-likeness (QED) is 0.871. The molecule has 1 saturated heterocycles. The van der Waals surface area contributed by atoms with Crippen LogP contribution in [0.4, 0.5) is 4.39 Å². The first-order valence-electron chi connectivity index (χ1n) is 7.57. The molecular weight excluding hydrogens is 269 g/mol. The molecule has 4 nitrogen and oxygen atoms in total. The lowest BCUT2D eigenvalue weighted by Crippen LogP contribution is -2.37. The molecule has 21 heavy (non-hydrogen) atoms. The number of hydrogen-bond acceptors (Lipinski definition) is 3. The molecule has 2 unspecified atom stereocenters. The van der Waals surface area contributed by atoms with E-state index in [1.807, 2.05) is 18.9 Å². The summed E-state index contributed by atoms with van der Waals surface area (Å²) in [6, 6.07) is 6.23. The van der Waals surface area contributed by atoms with Crippen LogP contribution in [0.25, 0.3) is 0 Å². The summed E-state index contributed by atoms with van der Waals surface area (Å²) in [4.78, 5) is 16.5. The molecule has 0 spiro atoms. The first kappa shape index (κ1) is 15.9. The van der Waals surface area contributed by atoms with Gasteiger partial charge in [0, 0.05) is 13.1 Å². The first-order chi connectivity index (χ1) is 10.1. The van der Waals surface area contributed by atoms with Gasteiger partial charge in [-0.15, -0.1) is 0 Å². The number of rotatable bonds is 6. The normalized spacial score (nSPS) is 22.3. The van der Waals surface area contributed by atoms with Crippen molar-refractivity contribution < 1.29 is 9.18 Å². The van der Waals surface area contributed by atoms with Gasteiger partial charge >= 0.3 is 0 Å². The molecule has 2 rings (SSSR count). The van der Waals surface area contributed by atoms with E-state index in [1.165, 1.54) is 12.1 Å². The lowest BCUT2D eigenvalue weighted by Gasteiger charge is -2.26. The molecule has 2 atom stereocenters. The number of nitrogens with zero attached hydrogens (tertiary/aromatic N) is 2. The number of carbonyl (C=O) groups excluding carboxylic acids is 1. The summed E-state index contributed by atoms with van der Waals surface area (Å²) >= 11 is 0. The first-order valence-corrected chi connectivity index (χ1v) is 7.57. The van der Waals surface area contributed by atoms with Gasteiger partial charge in [0.1, 0.15) is 12.0 Å². The lowest BCUT2D eigenvalue weighted by atomic mass is 10.1. The molecule has 0 saturated carbocycles. The highest BCUT2D eigenvalue weighted by atomic mass is 19.1. The zero-order valence-electron chi connectivity index (χ0n) is 13.0. The Morgan fingerprint density at radius 2 is 1.95 bits per heavy atom. The van der Waals surface area contributed by atoms with E-state index in [9.17, 15) is 9.18 Å². The standard InChI is InChI=1S/C16H24FN3O/c1-4-14-16(21)20(11-10-19(3)5-2)15(18-14)12-6-8-13(17)9-7-12/h6-9,14-15,18H,4-5,10-11H2,1-3H3. The van der Waals surface area contributed by atoms with Gasteiger partial charge in [-0.25, -0.2) is 4.39 Å². The number of halogens is 1. The SMILES string of the molecule is CCC1NC(c2ccc(F)cc2)N(CCN(C)CC)C1=O. The highest BCUT2D eigenvalue weighted by Gasteiger charge is 2.38. The maximum Gasteiger partial charge on any atom is 0.241 e. The Kier molecular flexibility index (Phi) is 5.31. The largest absolute Gasteiger partial charge is 0.320 e. The van der Waals surface area contributed by atoms with Gasteiger partial charge < -0.3 is 9.80 Å². The third kappa shape index (κ3) is 3.60. The van der Waals surface area contributed by atoms with E-state index in [0.717, 1.165) is 25.1 Å². The number of carbonyl (C=O) groups is 1. The van der Waals surface area contributed by atoms with Gasteiger partial charge in [0.05, 0.1) is 6.04 Å². The minimum Gasteiger partial charge on any atom is -0.320 e. The Labute approximate surface area is 125 Å². The Morgan fingerprint density at radius 1 is 1.29 bits per heavy atom. The molecule has 0 bridgehead atoms. The molecule has 1 aliphatic rings. The zero-order valence-corrected chi connectivity index (χ0v) is 13.0. The van der Waals surface area contributed by atoms with Crippen LogP contribution in [0.1, 0.15) is 32.0 Å². The Balaban J connectivity index is 2.15. The van der Waals surface area contributed by atoms with E-state index in [1.54, 1.807) is 12.1 Å². The molecule has 1 aromatic rings. The van der Waals surface area contributed by atoms with E-state index in [0.29, 0.717) is 6.54 Å². The predicted molar refractivity (Wildman–Crippen MR) is 81.2 cm³/mol. The Hall–Kier alpha value is -1.46. The van der Waals surface area contributed by atoms with Crippen LogP contribution in [0.2, 0.25) is 0 Å². The number of nitrogens with one attached hydrogen (secondary N) is 1. The topological polar surface area (TPSA) is 35.6 Å². The summed E-state index contributed by atoms with van der Waals surface area (Å²) in [5, 5.41) is 3.35. The molecule has 1 aromatic carbocycles. The molecule has 116 valence electrons. The molecule has 1 N–H and O–H groups in total. The molecule has 1 fully saturated rings. The molecule has 5 heteroatoms. The minimum absolute atomic E-state index is 0.135. The van der Waals surface area contributed by atoms with E-state index >= 15 is 0 Å². The number of hydrogen-bond donors (Lipinski definition) is 1. The maximum absolute atomic E-state index is 13.1. The minimum atomic E-state index is -0.257. The molecule has 0 aromatic heterocycles. The summed E-state index contributed by atoms with van der Waals surface area (Å²) in [6.07, 6.45) is 0.602. The molecule has 1 amide bonds. The highest BCUT2D eigenvalue weighted by Crippen LogP contribution is 2.26. The molecule has 0 aliphatic carbocycles.